The van der Waals surface area contributed by atoms with Crippen LogP contribution in [0.1, 0.15) is 37.5 Å². The Balaban J connectivity index is 1.61. The van der Waals surface area contributed by atoms with E-state index in [2.05, 4.69) is 16.0 Å². The van der Waals surface area contributed by atoms with Crippen molar-refractivity contribution in [2.75, 3.05) is 40.6 Å². The molecule has 0 saturated carbocycles. The third-order valence-corrected chi connectivity index (χ3v) is 10.7. The third-order valence-electron chi connectivity index (χ3n) is 10.7. The fraction of sp³-hybridized carbons (Fsp3) is 0.415. The molecule has 6 bridgehead atoms. The van der Waals surface area contributed by atoms with E-state index in [1.54, 1.807) is 48.5 Å². The van der Waals surface area contributed by atoms with E-state index >= 15 is 0 Å². The smallest absolute Gasteiger partial charge is 0.246 e. The normalized spacial score (nSPS) is 23.7. The Morgan fingerprint density at radius 1 is 0.661 bits per heavy atom. The minimum absolute atomic E-state index is 0.0164. The molecule has 59 heavy (non-hydrogen) atoms. The van der Waals surface area contributed by atoms with Gasteiger partial charge in [-0.15, -0.1) is 5.23 Å². The van der Waals surface area contributed by atoms with Crippen molar-refractivity contribution in [3.05, 3.63) is 77.4 Å². The summed E-state index contributed by atoms with van der Waals surface area (Å²) in [6.07, 6.45) is -0.217. The van der Waals surface area contributed by atoms with Crippen LogP contribution in [0.4, 0.5) is 5.69 Å². The Hall–Kier alpha value is -6.40. The Bertz CT molecular complexity index is 2060. The summed E-state index contributed by atoms with van der Waals surface area (Å²) in [6, 6.07) is 9.11. The van der Waals surface area contributed by atoms with Crippen LogP contribution in [0.25, 0.3) is 0 Å². The highest BCUT2D eigenvalue weighted by Crippen LogP contribution is 2.41. The highest BCUT2D eigenvalue weighted by molar-refractivity contribution is 5.98. The molecular formula is C41H51N7O11. The van der Waals surface area contributed by atoms with Crippen LogP contribution in [-0.2, 0) is 48.0 Å². The first kappa shape index (κ1) is 43.7. The monoisotopic (exact) mass is 817 g/mol. The zero-order valence-electron chi connectivity index (χ0n) is 34.2. The summed E-state index contributed by atoms with van der Waals surface area (Å²) in [5.74, 6) is -3.10. The summed E-state index contributed by atoms with van der Waals surface area (Å²) in [4.78, 5) is 88.3. The van der Waals surface area contributed by atoms with Gasteiger partial charge in [0.15, 0.2) is 11.5 Å². The molecule has 0 aromatic heterocycles. The fourth-order valence-corrected chi connectivity index (χ4v) is 7.10. The van der Waals surface area contributed by atoms with Crippen molar-refractivity contribution in [1.82, 2.24) is 30.7 Å². The van der Waals surface area contributed by atoms with Crippen molar-refractivity contribution in [3.63, 3.8) is 0 Å². The molecule has 0 aliphatic carbocycles. The molecule has 5 N–H and O–H groups in total. The molecule has 3 aliphatic heterocycles. The molecule has 3 aromatic rings. The molecule has 0 unspecified atom stereocenters. The Morgan fingerprint density at radius 2 is 1.22 bits per heavy atom. The number of rotatable bonds is 5. The van der Waals surface area contributed by atoms with Crippen molar-refractivity contribution in [3.8, 4) is 23.0 Å². The highest BCUT2D eigenvalue weighted by Gasteiger charge is 2.39. The van der Waals surface area contributed by atoms with E-state index in [9.17, 15) is 39.2 Å². The molecule has 6 rings (SSSR count). The first-order valence-corrected chi connectivity index (χ1v) is 18.9. The highest BCUT2D eigenvalue weighted by atomic mass is 16.8. The molecule has 6 atom stereocenters. The molecule has 0 spiro atoms. The molecular weight excluding hydrogens is 766 g/mol. The number of nitrogens with one attached hydrogen (secondary N) is 3. The van der Waals surface area contributed by atoms with Crippen LogP contribution in [-0.4, -0.2) is 132 Å². The zero-order chi connectivity index (χ0) is 43.3. The van der Waals surface area contributed by atoms with Crippen molar-refractivity contribution >= 4 is 41.1 Å². The van der Waals surface area contributed by atoms with Gasteiger partial charge >= 0.3 is 0 Å². The maximum absolute atomic E-state index is 14.7. The number of hydrogen-bond donors (Lipinski definition) is 5. The second-order valence-corrected chi connectivity index (χ2v) is 14.7. The lowest BCUT2D eigenvalue weighted by molar-refractivity contribution is -0.149. The molecule has 18 nitrogen and oxygen atoms in total. The molecule has 6 amide bonds. The number of anilines is 1. The van der Waals surface area contributed by atoms with Crippen LogP contribution < -0.4 is 35.4 Å². The van der Waals surface area contributed by atoms with E-state index in [1.165, 1.54) is 78.1 Å². The van der Waals surface area contributed by atoms with Crippen LogP contribution in [0.2, 0.25) is 0 Å². The first-order chi connectivity index (χ1) is 27.9. The largest absolute Gasteiger partial charge is 0.497 e. The standard InChI is InChI=1S/C41H51N7O11/c1-22-36(49)43-23(2)39(52)45(4)31(17-25-9-13-28(57-7)14-10-25)38(51)44-24(3)40(53)47(6)33-18-26-11-15-29(16-12-26)59-34-21-27(19-30(48(55)56)35(34)58-8)20-32(37(50)42-22)46(5)41(33)54/h9-16,19,21-24,31-33,55-56H,17-18,20H2,1-8H3,(H,42,50)(H,43,49)(H,44,51)/t22-,23+,24+,31+,32+,33+/m1/s1. The maximum atomic E-state index is 14.7. The minimum atomic E-state index is -1.35. The average molecular weight is 818 g/mol. The molecule has 316 valence electrons. The summed E-state index contributed by atoms with van der Waals surface area (Å²) < 4.78 is 16.8. The van der Waals surface area contributed by atoms with Crippen molar-refractivity contribution in [1.29, 1.82) is 0 Å². The zero-order valence-corrected chi connectivity index (χ0v) is 34.2. The molecule has 1 fully saturated rings. The quantitative estimate of drug-likeness (QED) is 0.231. The summed E-state index contributed by atoms with van der Waals surface area (Å²) in [6.45, 7) is 4.32. The van der Waals surface area contributed by atoms with Crippen molar-refractivity contribution in [2.24, 2.45) is 0 Å². The van der Waals surface area contributed by atoms with Gasteiger partial charge < -0.3 is 44.9 Å². The van der Waals surface area contributed by atoms with Gasteiger partial charge in [-0.25, -0.2) is 0 Å². The van der Waals surface area contributed by atoms with Crippen molar-refractivity contribution < 1.29 is 53.4 Å². The van der Waals surface area contributed by atoms with E-state index in [1.807, 2.05) is 0 Å². The third kappa shape index (κ3) is 9.84. The predicted molar refractivity (Wildman–Crippen MR) is 212 cm³/mol. The average Bonchev–Trinajstić information content (AvgIpc) is 3.21. The van der Waals surface area contributed by atoms with Crippen molar-refractivity contribution in [2.45, 2.75) is 76.3 Å². The van der Waals surface area contributed by atoms with Gasteiger partial charge in [0.25, 0.3) is 0 Å². The predicted octanol–water partition coefficient (Wildman–Crippen LogP) is 1.43. The topological polar surface area (TPSA) is 220 Å². The number of ether oxygens (including phenoxy) is 3. The lowest BCUT2D eigenvalue weighted by atomic mass is 9.98. The van der Waals surface area contributed by atoms with Gasteiger partial charge in [0.2, 0.25) is 35.4 Å². The van der Waals surface area contributed by atoms with E-state index in [4.69, 9.17) is 14.2 Å². The Kier molecular flexibility index (Phi) is 13.7. The van der Waals surface area contributed by atoms with Gasteiger partial charge in [0.1, 0.15) is 53.4 Å². The summed E-state index contributed by atoms with van der Waals surface area (Å²) in [5, 5.41) is 28.2. The lowest BCUT2D eigenvalue weighted by Gasteiger charge is -2.37. The number of carbonyl (C=O) groups excluding carboxylic acids is 6. The number of fused-ring (bicyclic) bond motifs is 2. The van der Waals surface area contributed by atoms with E-state index in [-0.39, 0.29) is 41.7 Å². The van der Waals surface area contributed by atoms with Crippen LogP contribution in [0, 0.1) is 0 Å². The molecule has 3 aromatic carbocycles. The number of hydrogen-bond acceptors (Lipinski definition) is 12. The summed E-state index contributed by atoms with van der Waals surface area (Å²) >= 11 is 0. The van der Waals surface area contributed by atoms with Gasteiger partial charge in [-0.2, -0.15) is 0 Å². The minimum Gasteiger partial charge on any atom is -0.497 e. The number of carbonyl (C=O) groups is 6. The number of methoxy groups -OCH3 is 2. The van der Waals surface area contributed by atoms with Crippen LogP contribution in [0.5, 0.6) is 23.0 Å². The second kappa shape index (κ2) is 18.5. The fourth-order valence-electron chi connectivity index (χ4n) is 7.10. The maximum Gasteiger partial charge on any atom is 0.246 e. The molecule has 0 radical (unpaired) electrons. The van der Waals surface area contributed by atoms with E-state index < -0.39 is 71.7 Å². The second-order valence-electron chi connectivity index (χ2n) is 14.7. The first-order valence-electron chi connectivity index (χ1n) is 18.9. The van der Waals surface area contributed by atoms with Crippen LogP contribution >= 0.6 is 0 Å². The van der Waals surface area contributed by atoms with Gasteiger partial charge in [-0.05, 0) is 73.9 Å². The number of likely N-dealkylation sites (N-methyl/N-ethyl adjacent to an activating group) is 3. The molecule has 3 aliphatic rings. The molecule has 18 heteroatoms. The van der Waals surface area contributed by atoms with Crippen LogP contribution in [0.15, 0.2) is 60.7 Å². The summed E-state index contributed by atoms with van der Waals surface area (Å²) in [5.41, 5.74) is 1.35. The van der Waals surface area contributed by atoms with Gasteiger partial charge in [-0.3, -0.25) is 39.2 Å². The Labute approximate surface area is 341 Å². The molecule has 1 saturated heterocycles. The summed E-state index contributed by atoms with van der Waals surface area (Å²) in [7, 11) is 7.06. The number of amides is 6. The van der Waals surface area contributed by atoms with Crippen LogP contribution in [0.3, 0.4) is 0 Å². The number of benzene rings is 3. The van der Waals surface area contributed by atoms with Gasteiger partial charge in [-0.1, -0.05) is 24.3 Å². The van der Waals surface area contributed by atoms with Gasteiger partial charge in [0, 0.05) is 40.4 Å². The number of nitrogens with zero attached hydrogens (tertiary/aromatic N) is 4. The SMILES string of the molecule is COc1ccc(C[C@H]2C(=O)N[C@@H](C)C(=O)N(C)[C@H]3Cc4ccc(cc4)Oc4cc(cc(N(O)O)c4OC)C[C@@H](C(=O)N[C@H](C)C(=O)N[C@@H](C)C(=O)N2C)N(C)C3=O)cc1. The lowest BCUT2D eigenvalue weighted by Crippen LogP contribution is -2.61. The van der Waals surface area contributed by atoms with E-state index in [0.717, 1.165) is 4.90 Å². The Morgan fingerprint density at radius 3 is 1.81 bits per heavy atom. The van der Waals surface area contributed by atoms with Gasteiger partial charge in [0.05, 0.1) is 14.2 Å². The molecule has 3 heterocycles. The van der Waals surface area contributed by atoms with E-state index in [0.29, 0.717) is 28.2 Å².